The number of nitrogens with zero attached hydrogens (tertiary/aromatic N) is 2. The van der Waals surface area contributed by atoms with Gasteiger partial charge in [-0.15, -0.1) is 0 Å². The standard InChI is InChI=1S/C28H28N2O3/c1-5-33-26(32)30-21-16-18(2)17-29-25(30)28(4)23(20-14-10-7-11-15-20)22(27(21,3)24(28)31)19-12-8-6-9-13-19/h6-17,21,25H,5H2,1-4H3/t21-,25-,27-,28+/m0/s1. The van der Waals surface area contributed by atoms with Crippen molar-refractivity contribution in [1.29, 1.82) is 0 Å². The minimum atomic E-state index is -1.03. The summed E-state index contributed by atoms with van der Waals surface area (Å²) in [6.45, 7) is 7.93. The summed E-state index contributed by atoms with van der Waals surface area (Å²) in [4.78, 5) is 34.3. The maximum atomic E-state index is 14.5. The van der Waals surface area contributed by atoms with Gasteiger partial charge in [0.05, 0.1) is 23.5 Å². The Morgan fingerprint density at radius 3 is 2.06 bits per heavy atom. The molecule has 1 aliphatic carbocycles. The van der Waals surface area contributed by atoms with Crippen LogP contribution in [0.1, 0.15) is 38.8 Å². The molecule has 1 saturated heterocycles. The number of hydrogen-bond donors (Lipinski definition) is 0. The molecule has 0 N–H and O–H groups in total. The average molecular weight is 441 g/mol. The van der Waals surface area contributed by atoms with Gasteiger partial charge in [-0.25, -0.2) is 4.79 Å². The van der Waals surface area contributed by atoms with E-state index in [4.69, 9.17) is 9.73 Å². The highest BCUT2D eigenvalue weighted by atomic mass is 16.6. The molecule has 5 rings (SSSR count). The normalized spacial score (nSPS) is 30.2. The molecule has 1 fully saturated rings. The van der Waals surface area contributed by atoms with E-state index in [1.165, 1.54) is 0 Å². The monoisotopic (exact) mass is 440 g/mol. The summed E-state index contributed by atoms with van der Waals surface area (Å²) in [5.41, 5.74) is 2.80. The molecule has 0 radical (unpaired) electrons. The largest absolute Gasteiger partial charge is 0.450 e. The zero-order valence-corrected chi connectivity index (χ0v) is 19.4. The maximum Gasteiger partial charge on any atom is 0.412 e. The lowest BCUT2D eigenvalue weighted by Crippen LogP contribution is -2.65. The fourth-order valence-electron chi connectivity index (χ4n) is 5.98. The van der Waals surface area contributed by atoms with E-state index < -0.39 is 29.1 Å². The lowest BCUT2D eigenvalue weighted by molar-refractivity contribution is -0.141. The third-order valence-corrected chi connectivity index (χ3v) is 7.35. The summed E-state index contributed by atoms with van der Waals surface area (Å²) in [5.74, 6) is 0.0892. The molecule has 0 saturated carbocycles. The van der Waals surface area contributed by atoms with Crippen molar-refractivity contribution in [2.75, 3.05) is 6.61 Å². The number of ketones is 1. The van der Waals surface area contributed by atoms with E-state index in [9.17, 15) is 9.59 Å². The molecule has 5 nitrogen and oxygen atoms in total. The molecule has 0 aromatic heterocycles. The van der Waals surface area contributed by atoms with Gasteiger partial charge in [0, 0.05) is 6.21 Å². The quantitative estimate of drug-likeness (QED) is 0.643. The van der Waals surface area contributed by atoms with E-state index in [-0.39, 0.29) is 12.4 Å². The Kier molecular flexibility index (Phi) is 4.89. The predicted octanol–water partition coefficient (Wildman–Crippen LogP) is 5.39. The molecule has 2 aliphatic heterocycles. The fraction of sp³-hybridized carbons (Fsp3) is 0.321. The van der Waals surface area contributed by atoms with E-state index in [1.807, 2.05) is 87.5 Å². The SMILES string of the molecule is CCOC(=O)N1[C@H]2C=C(C)C=N[C@@H]1[C@@]1(C)C(=O)[C@]2(C)C(c2ccccc2)=C1c1ccccc1. The van der Waals surface area contributed by atoms with Gasteiger partial charge in [0.2, 0.25) is 0 Å². The number of carbonyl (C=O) groups is 2. The summed E-state index contributed by atoms with van der Waals surface area (Å²) < 4.78 is 5.49. The van der Waals surface area contributed by atoms with Crippen LogP contribution in [0.2, 0.25) is 0 Å². The number of carbonyl (C=O) groups excluding carboxylic acids is 2. The highest BCUT2D eigenvalue weighted by molar-refractivity contribution is 6.23. The lowest BCUT2D eigenvalue weighted by atomic mass is 9.64. The molecule has 0 unspecified atom stereocenters. The lowest BCUT2D eigenvalue weighted by Gasteiger charge is -2.50. The molecule has 4 bridgehead atoms. The first-order valence-corrected chi connectivity index (χ1v) is 11.4. The van der Waals surface area contributed by atoms with Gasteiger partial charge in [0.1, 0.15) is 6.17 Å². The number of fused-ring (bicyclic) bond motifs is 6. The van der Waals surface area contributed by atoms with Crippen LogP contribution in [0.15, 0.2) is 77.3 Å². The number of piperidine rings is 1. The van der Waals surface area contributed by atoms with Crippen molar-refractivity contribution < 1.29 is 14.3 Å². The van der Waals surface area contributed by atoms with Crippen molar-refractivity contribution in [3.8, 4) is 0 Å². The maximum absolute atomic E-state index is 14.5. The van der Waals surface area contributed by atoms with Crippen LogP contribution in [0.5, 0.6) is 0 Å². The van der Waals surface area contributed by atoms with Crippen LogP contribution < -0.4 is 0 Å². The number of rotatable bonds is 3. The zero-order valence-electron chi connectivity index (χ0n) is 19.4. The van der Waals surface area contributed by atoms with Crippen molar-refractivity contribution in [2.24, 2.45) is 15.8 Å². The molecule has 5 heteroatoms. The second kappa shape index (κ2) is 7.55. The number of benzene rings is 2. The molecular weight excluding hydrogens is 412 g/mol. The van der Waals surface area contributed by atoms with E-state index in [0.717, 1.165) is 27.8 Å². The molecular formula is C28H28N2O3. The van der Waals surface area contributed by atoms with Crippen molar-refractivity contribution in [1.82, 2.24) is 4.90 Å². The van der Waals surface area contributed by atoms with Crippen LogP contribution >= 0.6 is 0 Å². The highest BCUT2D eigenvalue weighted by Crippen LogP contribution is 2.66. The summed E-state index contributed by atoms with van der Waals surface area (Å²) in [6, 6.07) is 19.6. The van der Waals surface area contributed by atoms with E-state index in [2.05, 4.69) is 0 Å². The number of ether oxygens (including phenoxy) is 1. The first-order valence-electron chi connectivity index (χ1n) is 11.4. The Bertz CT molecular complexity index is 1210. The van der Waals surface area contributed by atoms with Crippen LogP contribution in [-0.2, 0) is 9.53 Å². The Hall–Kier alpha value is -3.47. The van der Waals surface area contributed by atoms with Crippen LogP contribution in [0.3, 0.4) is 0 Å². The van der Waals surface area contributed by atoms with Gasteiger partial charge in [-0.1, -0.05) is 66.7 Å². The van der Waals surface area contributed by atoms with Crippen LogP contribution in [0.4, 0.5) is 4.79 Å². The minimum Gasteiger partial charge on any atom is -0.450 e. The number of amides is 1. The second-order valence-electron chi connectivity index (χ2n) is 9.33. The van der Waals surface area contributed by atoms with E-state index >= 15 is 0 Å². The number of hydrogen-bond acceptors (Lipinski definition) is 4. The van der Waals surface area contributed by atoms with Gasteiger partial charge in [0.15, 0.2) is 5.78 Å². The van der Waals surface area contributed by atoms with Crippen LogP contribution in [-0.4, -0.2) is 41.8 Å². The van der Waals surface area contributed by atoms with Gasteiger partial charge < -0.3 is 4.74 Å². The Morgan fingerprint density at radius 1 is 0.970 bits per heavy atom. The number of Topliss-reactive ketones (excluding diaryl/α,β-unsaturated/α-hetero) is 1. The van der Waals surface area contributed by atoms with E-state index in [0.29, 0.717) is 0 Å². The topological polar surface area (TPSA) is 59.0 Å². The summed E-state index contributed by atoms with van der Waals surface area (Å²) in [5, 5.41) is 0. The first kappa shape index (κ1) is 21.4. The molecule has 3 aliphatic rings. The van der Waals surface area contributed by atoms with Gasteiger partial charge in [-0.05, 0) is 55.5 Å². The number of allylic oxidation sites excluding steroid dienone is 1. The molecule has 2 heterocycles. The molecule has 4 atom stereocenters. The van der Waals surface area contributed by atoms with Crippen molar-refractivity contribution in [3.05, 3.63) is 83.4 Å². The fourth-order valence-corrected chi connectivity index (χ4v) is 5.98. The van der Waals surface area contributed by atoms with Crippen molar-refractivity contribution in [2.45, 2.75) is 39.9 Å². The Labute approximate surface area is 194 Å². The van der Waals surface area contributed by atoms with Gasteiger partial charge in [-0.2, -0.15) is 0 Å². The Balaban J connectivity index is 1.89. The predicted molar refractivity (Wildman–Crippen MR) is 130 cm³/mol. The second-order valence-corrected chi connectivity index (χ2v) is 9.33. The van der Waals surface area contributed by atoms with Crippen molar-refractivity contribution in [3.63, 3.8) is 0 Å². The zero-order chi connectivity index (χ0) is 23.4. The van der Waals surface area contributed by atoms with Gasteiger partial charge >= 0.3 is 6.09 Å². The van der Waals surface area contributed by atoms with Crippen LogP contribution in [0, 0.1) is 10.8 Å². The summed E-state index contributed by atoms with van der Waals surface area (Å²) >= 11 is 0. The highest BCUT2D eigenvalue weighted by Gasteiger charge is 2.70. The summed E-state index contributed by atoms with van der Waals surface area (Å²) in [7, 11) is 0. The van der Waals surface area contributed by atoms with Crippen molar-refractivity contribution >= 4 is 29.2 Å². The molecule has 0 spiro atoms. The third-order valence-electron chi connectivity index (χ3n) is 7.35. The minimum absolute atomic E-state index is 0.0892. The molecule has 33 heavy (non-hydrogen) atoms. The third kappa shape index (κ3) is 2.81. The van der Waals surface area contributed by atoms with E-state index in [1.54, 1.807) is 18.0 Å². The number of aliphatic imine (C=N–C) groups is 1. The molecule has 1 amide bonds. The smallest absolute Gasteiger partial charge is 0.412 e. The molecule has 2 aromatic carbocycles. The Morgan fingerprint density at radius 2 is 1.52 bits per heavy atom. The molecule has 168 valence electrons. The molecule has 2 aromatic rings. The average Bonchev–Trinajstić information content (AvgIpc) is 2.93. The van der Waals surface area contributed by atoms with Gasteiger partial charge in [0.25, 0.3) is 0 Å². The summed E-state index contributed by atoms with van der Waals surface area (Å²) in [6.07, 6.45) is 2.63. The van der Waals surface area contributed by atoms with Gasteiger partial charge in [-0.3, -0.25) is 14.7 Å². The first-order chi connectivity index (χ1) is 15.8. The van der Waals surface area contributed by atoms with Crippen LogP contribution in [0.25, 0.3) is 11.1 Å².